The molecule has 4 nitrogen and oxygen atoms in total. The van der Waals surface area contributed by atoms with Gasteiger partial charge >= 0.3 is 0 Å². The molecule has 0 aromatic heterocycles. The van der Waals surface area contributed by atoms with Gasteiger partial charge in [-0.25, -0.2) is 0 Å². The Bertz CT molecular complexity index is 529. The number of benzene rings is 1. The fourth-order valence-electron chi connectivity index (χ4n) is 3.84. The second-order valence-corrected chi connectivity index (χ2v) is 7.22. The van der Waals surface area contributed by atoms with Crippen LogP contribution in [-0.2, 0) is 0 Å². The van der Waals surface area contributed by atoms with Gasteiger partial charge in [-0.1, -0.05) is 19.3 Å². The van der Waals surface area contributed by atoms with Crippen molar-refractivity contribution in [2.24, 2.45) is 5.92 Å². The first-order valence-electron chi connectivity index (χ1n) is 9.45. The highest BCUT2D eigenvalue weighted by molar-refractivity contribution is 5.94. The Hall–Kier alpha value is -1.26. The van der Waals surface area contributed by atoms with Crippen LogP contribution in [0.2, 0.25) is 0 Å². The van der Waals surface area contributed by atoms with E-state index in [2.05, 4.69) is 5.32 Å². The van der Waals surface area contributed by atoms with E-state index in [1.165, 1.54) is 32.1 Å². The molecule has 25 heavy (non-hydrogen) atoms. The molecule has 2 fully saturated rings. The number of nitrogens with one attached hydrogen (secondary N) is 1. The SMILES string of the molecule is CNC1CCCN(C(=O)c2ccc(OCC3CCCCC3)cc2)C1.Cl. The average molecular weight is 367 g/mol. The second kappa shape index (κ2) is 10.0. The number of likely N-dealkylation sites (tertiary alicyclic amines) is 1. The topological polar surface area (TPSA) is 41.6 Å². The van der Waals surface area contributed by atoms with Crippen LogP contribution in [0, 0.1) is 5.92 Å². The first-order valence-corrected chi connectivity index (χ1v) is 9.45. The lowest BCUT2D eigenvalue weighted by atomic mass is 9.90. The summed E-state index contributed by atoms with van der Waals surface area (Å²) in [5.74, 6) is 1.71. The van der Waals surface area contributed by atoms with Crippen LogP contribution in [0.3, 0.4) is 0 Å². The Kier molecular flexibility index (Phi) is 8.04. The summed E-state index contributed by atoms with van der Waals surface area (Å²) in [5, 5.41) is 3.28. The van der Waals surface area contributed by atoms with E-state index in [9.17, 15) is 4.79 Å². The van der Waals surface area contributed by atoms with Crippen LogP contribution in [0.5, 0.6) is 5.75 Å². The molecule has 0 radical (unpaired) electrons. The fraction of sp³-hybridized carbons (Fsp3) is 0.650. The smallest absolute Gasteiger partial charge is 0.253 e. The number of likely N-dealkylation sites (N-methyl/N-ethyl adjacent to an activating group) is 1. The molecule has 1 unspecified atom stereocenters. The van der Waals surface area contributed by atoms with Gasteiger partial charge in [-0.05, 0) is 62.9 Å². The summed E-state index contributed by atoms with van der Waals surface area (Å²) < 4.78 is 5.93. The van der Waals surface area contributed by atoms with E-state index >= 15 is 0 Å². The van der Waals surface area contributed by atoms with Crippen LogP contribution < -0.4 is 10.1 Å². The number of nitrogens with zero attached hydrogens (tertiary/aromatic N) is 1. The minimum Gasteiger partial charge on any atom is -0.493 e. The summed E-state index contributed by atoms with van der Waals surface area (Å²) >= 11 is 0. The van der Waals surface area contributed by atoms with E-state index in [1.54, 1.807) is 0 Å². The van der Waals surface area contributed by atoms with Gasteiger partial charge in [0.25, 0.3) is 5.91 Å². The highest BCUT2D eigenvalue weighted by atomic mass is 35.5. The van der Waals surface area contributed by atoms with Crippen molar-refractivity contribution in [2.45, 2.75) is 51.0 Å². The van der Waals surface area contributed by atoms with Crippen LogP contribution in [0.15, 0.2) is 24.3 Å². The minimum atomic E-state index is 0. The maximum Gasteiger partial charge on any atom is 0.253 e. The number of carbonyl (C=O) groups is 1. The number of ether oxygens (including phenoxy) is 1. The zero-order valence-corrected chi connectivity index (χ0v) is 16.0. The third kappa shape index (κ3) is 5.61. The van der Waals surface area contributed by atoms with Crippen LogP contribution >= 0.6 is 12.4 Å². The van der Waals surface area contributed by atoms with Crippen molar-refractivity contribution in [1.82, 2.24) is 10.2 Å². The van der Waals surface area contributed by atoms with Crippen molar-refractivity contribution in [3.05, 3.63) is 29.8 Å². The van der Waals surface area contributed by atoms with Crippen LogP contribution in [-0.4, -0.2) is 43.6 Å². The predicted octanol–water partition coefficient (Wildman–Crippen LogP) is 3.89. The number of halogens is 1. The van der Waals surface area contributed by atoms with E-state index in [4.69, 9.17) is 4.74 Å². The molecule has 3 rings (SSSR count). The highest BCUT2D eigenvalue weighted by Gasteiger charge is 2.23. The van der Waals surface area contributed by atoms with Crippen molar-refractivity contribution in [1.29, 1.82) is 0 Å². The largest absolute Gasteiger partial charge is 0.493 e. The van der Waals surface area contributed by atoms with E-state index < -0.39 is 0 Å². The van der Waals surface area contributed by atoms with Gasteiger partial charge in [0.05, 0.1) is 6.61 Å². The number of piperidine rings is 1. The highest BCUT2D eigenvalue weighted by Crippen LogP contribution is 2.25. The lowest BCUT2D eigenvalue weighted by Crippen LogP contribution is -2.46. The zero-order valence-electron chi connectivity index (χ0n) is 15.2. The Balaban J connectivity index is 0.00000225. The Labute approximate surface area is 157 Å². The molecule has 1 atom stereocenters. The Morgan fingerprint density at radius 1 is 1.12 bits per heavy atom. The molecule has 1 aliphatic carbocycles. The molecule has 1 aromatic rings. The van der Waals surface area contributed by atoms with Gasteiger partial charge in [0.2, 0.25) is 0 Å². The number of rotatable bonds is 5. The van der Waals surface area contributed by atoms with Crippen LogP contribution in [0.25, 0.3) is 0 Å². The van der Waals surface area contributed by atoms with Gasteiger partial charge in [-0.3, -0.25) is 4.79 Å². The van der Waals surface area contributed by atoms with E-state index in [0.29, 0.717) is 12.0 Å². The third-order valence-electron chi connectivity index (χ3n) is 5.43. The van der Waals surface area contributed by atoms with E-state index in [0.717, 1.165) is 43.9 Å². The summed E-state index contributed by atoms with van der Waals surface area (Å²) in [6.07, 6.45) is 8.85. The molecule has 1 heterocycles. The van der Waals surface area contributed by atoms with E-state index in [1.807, 2.05) is 36.2 Å². The molecule has 1 amide bonds. The molecule has 5 heteroatoms. The normalized spacial score (nSPS) is 21.5. The van der Waals surface area contributed by atoms with Crippen molar-refractivity contribution >= 4 is 18.3 Å². The number of carbonyl (C=O) groups excluding carboxylic acids is 1. The molecular formula is C20H31ClN2O2. The molecular weight excluding hydrogens is 336 g/mol. The van der Waals surface area contributed by atoms with Gasteiger partial charge in [-0.2, -0.15) is 0 Å². The van der Waals surface area contributed by atoms with Gasteiger partial charge < -0.3 is 15.0 Å². The molecule has 2 aliphatic rings. The van der Waals surface area contributed by atoms with Gasteiger partial charge in [-0.15, -0.1) is 12.4 Å². The second-order valence-electron chi connectivity index (χ2n) is 7.22. The molecule has 1 aromatic carbocycles. The number of amides is 1. The minimum absolute atomic E-state index is 0. The number of hydrogen-bond donors (Lipinski definition) is 1. The zero-order chi connectivity index (χ0) is 16.8. The lowest BCUT2D eigenvalue weighted by Gasteiger charge is -2.32. The Morgan fingerprint density at radius 2 is 1.84 bits per heavy atom. The maximum absolute atomic E-state index is 12.6. The molecule has 0 spiro atoms. The molecule has 1 N–H and O–H groups in total. The first-order chi connectivity index (χ1) is 11.8. The van der Waals surface area contributed by atoms with E-state index in [-0.39, 0.29) is 18.3 Å². The van der Waals surface area contributed by atoms with Crippen LogP contribution in [0.1, 0.15) is 55.3 Å². The van der Waals surface area contributed by atoms with Crippen LogP contribution in [0.4, 0.5) is 0 Å². The summed E-state index contributed by atoms with van der Waals surface area (Å²) in [7, 11) is 1.97. The van der Waals surface area contributed by atoms with Gasteiger partial charge in [0.15, 0.2) is 0 Å². The predicted molar refractivity (Wildman–Crippen MR) is 104 cm³/mol. The molecule has 140 valence electrons. The van der Waals surface area contributed by atoms with Gasteiger partial charge in [0, 0.05) is 24.7 Å². The van der Waals surface area contributed by atoms with Crippen molar-refractivity contribution < 1.29 is 9.53 Å². The average Bonchev–Trinajstić information content (AvgIpc) is 2.67. The quantitative estimate of drug-likeness (QED) is 0.859. The fourth-order valence-corrected chi connectivity index (χ4v) is 3.84. The van der Waals surface area contributed by atoms with Crippen molar-refractivity contribution in [2.75, 3.05) is 26.7 Å². The maximum atomic E-state index is 12.6. The van der Waals surface area contributed by atoms with Crippen molar-refractivity contribution in [3.63, 3.8) is 0 Å². The molecule has 1 saturated carbocycles. The molecule has 1 saturated heterocycles. The first kappa shape index (κ1) is 20.1. The molecule has 1 aliphatic heterocycles. The standard InChI is InChI=1S/C20H30N2O2.ClH/c1-21-18-8-5-13-22(14-18)20(23)17-9-11-19(12-10-17)24-15-16-6-3-2-4-7-16;/h9-12,16,18,21H,2-8,13-15H2,1H3;1H. The summed E-state index contributed by atoms with van der Waals surface area (Å²) in [6, 6.07) is 8.11. The third-order valence-corrected chi connectivity index (χ3v) is 5.43. The van der Waals surface area contributed by atoms with Gasteiger partial charge in [0.1, 0.15) is 5.75 Å². The summed E-state index contributed by atoms with van der Waals surface area (Å²) in [6.45, 7) is 2.47. The monoisotopic (exact) mass is 366 g/mol. The summed E-state index contributed by atoms with van der Waals surface area (Å²) in [5.41, 5.74) is 0.761. The molecule has 0 bridgehead atoms. The summed E-state index contributed by atoms with van der Waals surface area (Å²) in [4.78, 5) is 14.6. The number of hydrogen-bond acceptors (Lipinski definition) is 3. The Morgan fingerprint density at radius 3 is 2.52 bits per heavy atom. The lowest BCUT2D eigenvalue weighted by molar-refractivity contribution is 0.0698. The van der Waals surface area contributed by atoms with Crippen molar-refractivity contribution in [3.8, 4) is 5.75 Å².